The quantitative estimate of drug-likeness (QED) is 0.181. The van der Waals surface area contributed by atoms with Crippen molar-refractivity contribution in [2.75, 3.05) is 0 Å². The molecule has 0 unspecified atom stereocenters. The smallest absolute Gasteiger partial charge is 0.0991 e. The molecule has 54 heavy (non-hydrogen) atoms. The highest BCUT2D eigenvalue weighted by Crippen LogP contribution is 2.59. The first-order valence-electron chi connectivity index (χ1n) is 18.5. The van der Waals surface area contributed by atoms with E-state index in [0.29, 0.717) is 5.56 Å². The number of fused-ring (bicyclic) bond motifs is 6. The number of hydrogen-bond donors (Lipinski definition) is 0. The highest BCUT2D eigenvalue weighted by atomic mass is 14.3. The lowest BCUT2D eigenvalue weighted by molar-refractivity contribution is 1.48. The molecule has 1 nitrogen and oxygen atoms in total. The molecule has 1 aliphatic carbocycles. The van der Waals surface area contributed by atoms with Crippen LogP contribution in [0, 0.1) is 11.3 Å². The Morgan fingerprint density at radius 2 is 0.759 bits per heavy atom. The first kappa shape index (κ1) is 30.4. The van der Waals surface area contributed by atoms with Crippen LogP contribution in [-0.4, -0.2) is 0 Å². The highest BCUT2D eigenvalue weighted by Gasteiger charge is 2.32. The van der Waals surface area contributed by atoms with Gasteiger partial charge in [-0.25, -0.2) is 0 Å². The van der Waals surface area contributed by atoms with Crippen molar-refractivity contribution in [1.82, 2.24) is 0 Å². The average molecular weight is 682 g/mol. The third kappa shape index (κ3) is 4.44. The van der Waals surface area contributed by atoms with Crippen LogP contribution < -0.4 is 0 Å². The summed E-state index contributed by atoms with van der Waals surface area (Å²) in [4.78, 5) is 0. The molecule has 0 saturated heterocycles. The maximum Gasteiger partial charge on any atom is 0.0991 e. The fourth-order valence-electron chi connectivity index (χ4n) is 9.10. The molecule has 0 atom stereocenters. The first-order chi connectivity index (χ1) is 26.8. The lowest BCUT2D eigenvalue weighted by atomic mass is 9.81. The SMILES string of the molecule is N#Cc1ccc(-c2cccc(-c3ccc4c5c(cccc35)-c3c-4c(-c4cccc5ccccc45)c4ccccc4c3-c3cccc4ccccc34)c2)cc1. The summed E-state index contributed by atoms with van der Waals surface area (Å²) in [5, 5.41) is 19.4. The monoisotopic (exact) mass is 681 g/mol. The van der Waals surface area contributed by atoms with E-state index in [9.17, 15) is 5.26 Å². The number of nitriles is 1. The van der Waals surface area contributed by atoms with Gasteiger partial charge in [0.2, 0.25) is 0 Å². The Labute approximate surface area is 313 Å². The summed E-state index contributed by atoms with van der Waals surface area (Å²) >= 11 is 0. The Kier molecular flexibility index (Phi) is 6.68. The summed E-state index contributed by atoms with van der Waals surface area (Å²) in [6, 6.07) is 70.6. The van der Waals surface area contributed by atoms with Crippen molar-refractivity contribution in [3.8, 4) is 72.8 Å². The van der Waals surface area contributed by atoms with Gasteiger partial charge in [-0.05, 0) is 128 Å². The number of nitrogens with zero attached hydrogens (tertiary/aromatic N) is 1. The first-order valence-corrected chi connectivity index (χ1v) is 18.5. The second kappa shape index (κ2) is 11.9. The van der Waals surface area contributed by atoms with E-state index in [1.54, 1.807) is 0 Å². The van der Waals surface area contributed by atoms with Gasteiger partial charge in [-0.2, -0.15) is 5.26 Å². The van der Waals surface area contributed by atoms with E-state index in [4.69, 9.17) is 0 Å². The Hall–Kier alpha value is -7.27. The zero-order chi connectivity index (χ0) is 35.8. The van der Waals surface area contributed by atoms with Gasteiger partial charge in [-0.3, -0.25) is 0 Å². The van der Waals surface area contributed by atoms with Crippen molar-refractivity contribution in [3.63, 3.8) is 0 Å². The molecule has 0 saturated carbocycles. The lowest BCUT2D eigenvalue weighted by Gasteiger charge is -2.22. The standard InChI is InChI=1S/C53H31N/c54-32-33-25-27-34(28-26-33)37-15-7-16-38(31-37)41-29-30-48-49-42(41)23-10-24-47(49)52-50(43-21-8-13-35-11-1-3-17-39(35)43)45-19-5-6-20-46(45)51(53(48)52)44-22-9-14-36-12-2-4-18-40(36)44/h1-31H. The number of benzene rings is 10. The molecule has 0 amide bonds. The van der Waals surface area contributed by atoms with Crippen LogP contribution in [0.1, 0.15) is 5.56 Å². The van der Waals surface area contributed by atoms with Crippen LogP contribution in [0.4, 0.5) is 0 Å². The van der Waals surface area contributed by atoms with Crippen molar-refractivity contribution in [1.29, 1.82) is 5.26 Å². The van der Waals surface area contributed by atoms with E-state index >= 15 is 0 Å². The van der Waals surface area contributed by atoms with E-state index in [1.165, 1.54) is 98.7 Å². The van der Waals surface area contributed by atoms with E-state index in [0.717, 1.165) is 11.1 Å². The molecule has 0 heterocycles. The molecule has 0 bridgehead atoms. The van der Waals surface area contributed by atoms with Gasteiger partial charge in [-0.15, -0.1) is 0 Å². The molecular formula is C53H31N. The minimum Gasteiger partial charge on any atom is -0.192 e. The third-order valence-corrected chi connectivity index (χ3v) is 11.4. The zero-order valence-electron chi connectivity index (χ0n) is 29.3. The van der Waals surface area contributed by atoms with Gasteiger partial charge >= 0.3 is 0 Å². The van der Waals surface area contributed by atoms with Crippen LogP contribution in [0.3, 0.4) is 0 Å². The second-order valence-corrected chi connectivity index (χ2v) is 14.3. The minimum atomic E-state index is 0.667. The Balaban J connectivity index is 1.26. The summed E-state index contributed by atoms with van der Waals surface area (Å²) in [6.07, 6.45) is 0. The number of rotatable bonds is 4. The van der Waals surface area contributed by atoms with Crippen LogP contribution in [-0.2, 0) is 0 Å². The maximum atomic E-state index is 9.37. The molecule has 0 fully saturated rings. The van der Waals surface area contributed by atoms with Crippen molar-refractivity contribution in [3.05, 3.63) is 194 Å². The van der Waals surface area contributed by atoms with Gasteiger partial charge in [0, 0.05) is 0 Å². The summed E-state index contributed by atoms with van der Waals surface area (Å²) in [6.45, 7) is 0. The molecule has 0 aromatic heterocycles. The Morgan fingerprint density at radius 1 is 0.296 bits per heavy atom. The predicted molar refractivity (Wildman–Crippen MR) is 227 cm³/mol. The second-order valence-electron chi connectivity index (χ2n) is 14.3. The molecule has 0 radical (unpaired) electrons. The van der Waals surface area contributed by atoms with Crippen molar-refractivity contribution < 1.29 is 0 Å². The molecule has 1 heteroatoms. The minimum absolute atomic E-state index is 0.667. The van der Waals surface area contributed by atoms with Gasteiger partial charge in [-0.1, -0.05) is 170 Å². The summed E-state index contributed by atoms with van der Waals surface area (Å²) < 4.78 is 0. The molecule has 248 valence electrons. The van der Waals surface area contributed by atoms with Gasteiger partial charge in [0.1, 0.15) is 0 Å². The summed E-state index contributed by atoms with van der Waals surface area (Å²) in [5.74, 6) is 0. The van der Waals surface area contributed by atoms with Crippen LogP contribution in [0.15, 0.2) is 188 Å². The normalized spacial score (nSPS) is 11.7. The highest BCUT2D eigenvalue weighted by molar-refractivity contribution is 6.30. The average Bonchev–Trinajstić information content (AvgIpc) is 3.57. The van der Waals surface area contributed by atoms with Crippen LogP contribution in [0.25, 0.3) is 110 Å². The van der Waals surface area contributed by atoms with Crippen LogP contribution >= 0.6 is 0 Å². The summed E-state index contributed by atoms with van der Waals surface area (Å²) in [5.41, 5.74) is 15.5. The third-order valence-electron chi connectivity index (χ3n) is 11.4. The van der Waals surface area contributed by atoms with E-state index in [-0.39, 0.29) is 0 Å². The van der Waals surface area contributed by atoms with E-state index < -0.39 is 0 Å². The lowest BCUT2D eigenvalue weighted by Crippen LogP contribution is -1.94. The summed E-state index contributed by atoms with van der Waals surface area (Å²) in [7, 11) is 0. The number of hydrogen-bond acceptors (Lipinski definition) is 1. The van der Waals surface area contributed by atoms with Crippen LogP contribution in [0.5, 0.6) is 0 Å². The van der Waals surface area contributed by atoms with E-state index in [1.807, 2.05) is 24.3 Å². The Morgan fingerprint density at radius 3 is 1.39 bits per heavy atom. The topological polar surface area (TPSA) is 23.8 Å². The van der Waals surface area contributed by atoms with Crippen LogP contribution in [0.2, 0.25) is 0 Å². The zero-order valence-corrected chi connectivity index (χ0v) is 29.3. The molecule has 10 aromatic carbocycles. The molecule has 0 N–H and O–H groups in total. The van der Waals surface area contributed by atoms with Crippen molar-refractivity contribution in [2.45, 2.75) is 0 Å². The van der Waals surface area contributed by atoms with Gasteiger partial charge in [0.25, 0.3) is 0 Å². The fourth-order valence-corrected chi connectivity index (χ4v) is 9.10. The predicted octanol–water partition coefficient (Wildman–Crippen LogP) is 14.5. The van der Waals surface area contributed by atoms with Crippen molar-refractivity contribution in [2.24, 2.45) is 0 Å². The molecule has 1 aliphatic rings. The van der Waals surface area contributed by atoms with Gasteiger partial charge in [0.15, 0.2) is 0 Å². The van der Waals surface area contributed by atoms with Gasteiger partial charge in [0.05, 0.1) is 11.6 Å². The molecule has 10 aromatic rings. The van der Waals surface area contributed by atoms with Gasteiger partial charge < -0.3 is 0 Å². The molecule has 11 rings (SSSR count). The van der Waals surface area contributed by atoms with Crippen molar-refractivity contribution >= 4 is 43.1 Å². The largest absolute Gasteiger partial charge is 0.192 e. The molecule has 0 spiro atoms. The maximum absolute atomic E-state index is 9.37. The van der Waals surface area contributed by atoms with E-state index in [2.05, 4.69) is 170 Å². The molecular weight excluding hydrogens is 651 g/mol. The molecule has 0 aliphatic heterocycles. The fraction of sp³-hybridized carbons (Fsp3) is 0. The Bertz CT molecular complexity index is 3070.